The van der Waals surface area contributed by atoms with E-state index < -0.39 is 0 Å². The van der Waals surface area contributed by atoms with Gasteiger partial charge in [0.15, 0.2) is 5.13 Å². The standard InChI is InChI=1S/C13H11N5OS2/c14-13-16-9-5-15-10(19)4-7(12(9)20-13)6-2-1-3-8-11(6)18-21-17-8/h1-3,7H,4-5H2,(H2,14,16)(H,15,19)/t7-/m0/s1. The lowest BCUT2D eigenvalue weighted by atomic mass is 9.92. The highest BCUT2D eigenvalue weighted by molar-refractivity contribution is 7.15. The number of nitrogens with one attached hydrogen (secondary N) is 1. The Morgan fingerprint density at radius 1 is 1.33 bits per heavy atom. The summed E-state index contributed by atoms with van der Waals surface area (Å²) >= 11 is 2.64. The number of nitrogen functional groups attached to an aromatic ring is 1. The molecule has 0 saturated carbocycles. The summed E-state index contributed by atoms with van der Waals surface area (Å²) in [7, 11) is 0. The summed E-state index contributed by atoms with van der Waals surface area (Å²) < 4.78 is 8.65. The number of thiazole rings is 1. The zero-order valence-electron chi connectivity index (χ0n) is 10.9. The first-order valence-electron chi connectivity index (χ1n) is 6.45. The molecule has 8 heteroatoms. The van der Waals surface area contributed by atoms with Crippen LogP contribution in [0.4, 0.5) is 5.13 Å². The molecule has 0 bridgehead atoms. The zero-order chi connectivity index (χ0) is 14.4. The van der Waals surface area contributed by atoms with Crippen molar-refractivity contribution < 1.29 is 4.79 Å². The maximum Gasteiger partial charge on any atom is 0.221 e. The van der Waals surface area contributed by atoms with Gasteiger partial charge in [0.1, 0.15) is 11.0 Å². The Morgan fingerprint density at radius 3 is 3.14 bits per heavy atom. The van der Waals surface area contributed by atoms with E-state index in [0.29, 0.717) is 18.1 Å². The van der Waals surface area contributed by atoms with Gasteiger partial charge in [-0.25, -0.2) is 4.98 Å². The predicted molar refractivity (Wildman–Crippen MR) is 82.2 cm³/mol. The fourth-order valence-corrected chi connectivity index (χ4v) is 4.20. The van der Waals surface area contributed by atoms with Crippen LogP contribution in [0.25, 0.3) is 11.0 Å². The second kappa shape index (κ2) is 4.74. The summed E-state index contributed by atoms with van der Waals surface area (Å²) in [5.74, 6) is -0.0473. The Balaban J connectivity index is 1.93. The van der Waals surface area contributed by atoms with Crippen molar-refractivity contribution in [3.8, 4) is 0 Å². The summed E-state index contributed by atoms with van der Waals surface area (Å²) in [5, 5.41) is 3.40. The van der Waals surface area contributed by atoms with Crippen molar-refractivity contribution >= 4 is 45.1 Å². The van der Waals surface area contributed by atoms with Crippen LogP contribution in [-0.2, 0) is 11.3 Å². The van der Waals surface area contributed by atoms with E-state index in [-0.39, 0.29) is 11.8 Å². The van der Waals surface area contributed by atoms with Crippen LogP contribution < -0.4 is 11.1 Å². The average Bonchev–Trinajstić information content (AvgIpc) is 3.05. The SMILES string of the molecule is Nc1nc2c(s1)[C@H](c1cccc3nsnc13)CC(=O)NC2. The van der Waals surface area contributed by atoms with Crippen LogP contribution in [0.5, 0.6) is 0 Å². The minimum Gasteiger partial charge on any atom is -0.375 e. The minimum absolute atomic E-state index is 0.0176. The summed E-state index contributed by atoms with van der Waals surface area (Å²) in [4.78, 5) is 17.4. The first-order valence-corrected chi connectivity index (χ1v) is 8.00. The molecule has 1 aliphatic rings. The van der Waals surface area contributed by atoms with Crippen molar-refractivity contribution in [1.29, 1.82) is 0 Å². The Bertz CT molecular complexity index is 840. The van der Waals surface area contributed by atoms with Crippen LogP contribution in [0, 0.1) is 0 Å². The number of carbonyl (C=O) groups is 1. The van der Waals surface area contributed by atoms with Gasteiger partial charge in [-0.15, -0.1) is 11.3 Å². The van der Waals surface area contributed by atoms with Gasteiger partial charge in [-0.3, -0.25) is 4.79 Å². The number of hydrogen-bond donors (Lipinski definition) is 2. The summed E-state index contributed by atoms with van der Waals surface area (Å²) in [6, 6.07) is 5.89. The molecule has 0 spiro atoms. The summed E-state index contributed by atoms with van der Waals surface area (Å²) in [6.07, 6.45) is 0.380. The zero-order valence-corrected chi connectivity index (χ0v) is 12.5. The van der Waals surface area contributed by atoms with Crippen molar-refractivity contribution in [3.63, 3.8) is 0 Å². The lowest BCUT2D eigenvalue weighted by molar-refractivity contribution is -0.121. The van der Waals surface area contributed by atoms with E-state index in [1.807, 2.05) is 18.2 Å². The van der Waals surface area contributed by atoms with Gasteiger partial charge < -0.3 is 11.1 Å². The largest absolute Gasteiger partial charge is 0.375 e. The number of benzene rings is 1. The summed E-state index contributed by atoms with van der Waals surface area (Å²) in [5.41, 5.74) is 9.44. The number of aromatic nitrogens is 3. The van der Waals surface area contributed by atoms with Gasteiger partial charge in [-0.05, 0) is 11.6 Å². The third-order valence-corrected chi connectivity index (χ3v) is 5.18. The van der Waals surface area contributed by atoms with Gasteiger partial charge >= 0.3 is 0 Å². The maximum absolute atomic E-state index is 12.0. The molecule has 3 N–H and O–H groups in total. The second-order valence-electron chi connectivity index (χ2n) is 4.88. The number of nitrogens with two attached hydrogens (primary N) is 1. The molecule has 21 heavy (non-hydrogen) atoms. The molecular weight excluding hydrogens is 306 g/mol. The topological polar surface area (TPSA) is 93.8 Å². The molecule has 0 fully saturated rings. The van der Waals surface area contributed by atoms with E-state index in [1.54, 1.807) is 0 Å². The van der Waals surface area contributed by atoms with Gasteiger partial charge in [0.05, 0.1) is 24.0 Å². The Hall–Kier alpha value is -2.06. The van der Waals surface area contributed by atoms with Crippen LogP contribution in [0.15, 0.2) is 18.2 Å². The average molecular weight is 317 g/mol. The molecule has 1 amide bonds. The lowest BCUT2D eigenvalue weighted by Crippen LogP contribution is -2.21. The highest BCUT2D eigenvalue weighted by Crippen LogP contribution is 2.39. The Morgan fingerprint density at radius 2 is 2.24 bits per heavy atom. The van der Waals surface area contributed by atoms with Crippen molar-refractivity contribution in [2.75, 3.05) is 5.73 Å². The van der Waals surface area contributed by atoms with E-state index in [4.69, 9.17) is 5.73 Å². The molecule has 0 radical (unpaired) electrons. The van der Waals surface area contributed by atoms with Gasteiger partial charge in [-0.2, -0.15) is 8.75 Å². The number of hydrogen-bond acceptors (Lipinski definition) is 7. The van der Waals surface area contributed by atoms with E-state index >= 15 is 0 Å². The van der Waals surface area contributed by atoms with Gasteiger partial charge in [0, 0.05) is 17.2 Å². The van der Waals surface area contributed by atoms with Crippen molar-refractivity contribution in [3.05, 3.63) is 34.3 Å². The van der Waals surface area contributed by atoms with Gasteiger partial charge in [0.2, 0.25) is 5.91 Å². The fraction of sp³-hybridized carbons (Fsp3) is 0.231. The molecule has 1 aromatic carbocycles. The van der Waals surface area contributed by atoms with Crippen LogP contribution in [0.3, 0.4) is 0 Å². The molecule has 1 aliphatic heterocycles. The number of rotatable bonds is 1. The van der Waals surface area contributed by atoms with Crippen molar-refractivity contribution in [2.24, 2.45) is 0 Å². The molecule has 0 unspecified atom stereocenters. The van der Waals surface area contributed by atoms with E-state index in [2.05, 4.69) is 19.0 Å². The molecule has 0 aliphatic carbocycles. The molecule has 3 heterocycles. The quantitative estimate of drug-likeness (QED) is 0.715. The number of amides is 1. The predicted octanol–water partition coefficient (Wildman–Crippen LogP) is 1.88. The molecule has 6 nitrogen and oxygen atoms in total. The Kier molecular flexibility index (Phi) is 2.86. The Labute approximate surface area is 128 Å². The molecule has 0 saturated heterocycles. The van der Waals surface area contributed by atoms with Crippen LogP contribution in [-0.4, -0.2) is 19.6 Å². The van der Waals surface area contributed by atoms with Gasteiger partial charge in [-0.1, -0.05) is 12.1 Å². The van der Waals surface area contributed by atoms with Crippen LogP contribution >= 0.6 is 23.1 Å². The molecular formula is C13H11N5OS2. The molecule has 1 atom stereocenters. The van der Waals surface area contributed by atoms with Gasteiger partial charge in [0.25, 0.3) is 0 Å². The van der Waals surface area contributed by atoms with E-state index in [1.165, 1.54) is 23.1 Å². The van der Waals surface area contributed by atoms with Crippen LogP contribution in [0.2, 0.25) is 0 Å². The van der Waals surface area contributed by atoms with E-state index in [9.17, 15) is 4.79 Å². The normalized spacial score (nSPS) is 18.3. The fourth-order valence-electron chi connectivity index (χ4n) is 2.67. The monoisotopic (exact) mass is 317 g/mol. The molecule has 3 aromatic rings. The maximum atomic E-state index is 12.0. The molecule has 106 valence electrons. The first kappa shape index (κ1) is 12.7. The number of nitrogens with zero attached hydrogens (tertiary/aromatic N) is 3. The highest BCUT2D eigenvalue weighted by Gasteiger charge is 2.29. The third kappa shape index (κ3) is 2.07. The smallest absolute Gasteiger partial charge is 0.221 e. The lowest BCUT2D eigenvalue weighted by Gasteiger charge is -2.13. The van der Waals surface area contributed by atoms with E-state index in [0.717, 1.165) is 27.2 Å². The number of carbonyl (C=O) groups excluding carboxylic acids is 1. The third-order valence-electron chi connectivity index (χ3n) is 3.60. The minimum atomic E-state index is -0.0649. The first-order chi connectivity index (χ1) is 10.2. The highest BCUT2D eigenvalue weighted by atomic mass is 32.1. The number of anilines is 1. The number of fused-ring (bicyclic) bond motifs is 2. The van der Waals surface area contributed by atoms with Crippen molar-refractivity contribution in [1.82, 2.24) is 19.0 Å². The molecule has 2 aromatic heterocycles. The van der Waals surface area contributed by atoms with Crippen LogP contribution in [0.1, 0.15) is 28.5 Å². The van der Waals surface area contributed by atoms with Crippen molar-refractivity contribution in [2.45, 2.75) is 18.9 Å². The second-order valence-corrected chi connectivity index (χ2v) is 6.47. The molecule has 4 rings (SSSR count). The summed E-state index contributed by atoms with van der Waals surface area (Å²) in [6.45, 7) is 0.434.